The van der Waals surface area contributed by atoms with E-state index in [4.69, 9.17) is 0 Å². The molecular weight excluding hydrogens is 248 g/mol. The largest absolute Gasteiger partial charge is 0.348 e. The number of hydrogen-bond donors (Lipinski definition) is 2. The van der Waals surface area contributed by atoms with Gasteiger partial charge in [-0.05, 0) is 11.5 Å². The standard InChI is InChI=1S/C16H22N4/c1-13-10-20(11-14-5-3-2-4-6-14)12-15(13)19-9-16-17-7-8-18-16/h2-8,13,15,19H,9-12H2,1H3,(H,17,18)/t13-,15+/m1/s1. The molecule has 2 atom stereocenters. The van der Waals surface area contributed by atoms with Gasteiger partial charge in [0.05, 0.1) is 6.54 Å². The van der Waals surface area contributed by atoms with E-state index in [1.807, 2.05) is 6.20 Å². The Morgan fingerprint density at radius 1 is 1.30 bits per heavy atom. The van der Waals surface area contributed by atoms with Crippen molar-refractivity contribution in [3.63, 3.8) is 0 Å². The Bertz CT molecular complexity index is 509. The van der Waals surface area contributed by atoms with Crippen LogP contribution in [0.5, 0.6) is 0 Å². The lowest BCUT2D eigenvalue weighted by molar-refractivity contribution is 0.316. The minimum atomic E-state index is 0.545. The van der Waals surface area contributed by atoms with E-state index in [1.165, 1.54) is 5.56 Å². The second-order valence-electron chi connectivity index (χ2n) is 5.68. The van der Waals surface area contributed by atoms with Gasteiger partial charge in [0.25, 0.3) is 0 Å². The zero-order valence-electron chi connectivity index (χ0n) is 11.9. The molecule has 0 bridgehead atoms. The van der Waals surface area contributed by atoms with Crippen LogP contribution in [-0.4, -0.2) is 34.0 Å². The third-order valence-corrected chi connectivity index (χ3v) is 4.02. The highest BCUT2D eigenvalue weighted by Crippen LogP contribution is 2.19. The van der Waals surface area contributed by atoms with Gasteiger partial charge in [0.1, 0.15) is 5.82 Å². The molecule has 20 heavy (non-hydrogen) atoms. The molecule has 0 aliphatic carbocycles. The second kappa shape index (κ2) is 6.20. The predicted molar refractivity (Wildman–Crippen MR) is 80.1 cm³/mol. The van der Waals surface area contributed by atoms with Crippen LogP contribution in [0.4, 0.5) is 0 Å². The van der Waals surface area contributed by atoms with Gasteiger partial charge < -0.3 is 10.3 Å². The molecule has 1 aliphatic heterocycles. The molecule has 2 heterocycles. The van der Waals surface area contributed by atoms with Gasteiger partial charge in [-0.15, -0.1) is 0 Å². The first-order valence-electron chi connectivity index (χ1n) is 7.29. The van der Waals surface area contributed by atoms with Crippen LogP contribution in [0.3, 0.4) is 0 Å². The van der Waals surface area contributed by atoms with Crippen LogP contribution in [0.15, 0.2) is 42.7 Å². The van der Waals surface area contributed by atoms with Crippen LogP contribution in [-0.2, 0) is 13.1 Å². The highest BCUT2D eigenvalue weighted by Gasteiger charge is 2.28. The lowest BCUT2D eigenvalue weighted by atomic mass is 10.1. The van der Waals surface area contributed by atoms with E-state index >= 15 is 0 Å². The van der Waals surface area contributed by atoms with Crippen LogP contribution in [0.25, 0.3) is 0 Å². The summed E-state index contributed by atoms with van der Waals surface area (Å²) in [4.78, 5) is 9.92. The Morgan fingerprint density at radius 3 is 2.90 bits per heavy atom. The van der Waals surface area contributed by atoms with Gasteiger partial charge >= 0.3 is 0 Å². The zero-order valence-corrected chi connectivity index (χ0v) is 11.9. The van der Waals surface area contributed by atoms with Crippen molar-refractivity contribution < 1.29 is 0 Å². The smallest absolute Gasteiger partial charge is 0.120 e. The Kier molecular flexibility index (Phi) is 4.14. The molecular formula is C16H22N4. The molecule has 0 spiro atoms. The topological polar surface area (TPSA) is 44.0 Å². The lowest BCUT2D eigenvalue weighted by Crippen LogP contribution is -2.35. The first kappa shape index (κ1) is 13.3. The summed E-state index contributed by atoms with van der Waals surface area (Å²) in [6.07, 6.45) is 3.67. The molecule has 4 heteroatoms. The van der Waals surface area contributed by atoms with Crippen LogP contribution in [0, 0.1) is 5.92 Å². The van der Waals surface area contributed by atoms with Gasteiger partial charge in [-0.25, -0.2) is 4.98 Å². The summed E-state index contributed by atoms with van der Waals surface area (Å²) in [7, 11) is 0. The van der Waals surface area contributed by atoms with Gasteiger partial charge in [0.2, 0.25) is 0 Å². The first-order chi connectivity index (χ1) is 9.81. The maximum atomic E-state index is 4.26. The Morgan fingerprint density at radius 2 is 2.15 bits per heavy atom. The fourth-order valence-corrected chi connectivity index (χ4v) is 2.93. The van der Waals surface area contributed by atoms with Crippen LogP contribution in [0.1, 0.15) is 18.3 Å². The minimum Gasteiger partial charge on any atom is -0.348 e. The maximum absolute atomic E-state index is 4.26. The van der Waals surface area contributed by atoms with Gasteiger partial charge in [0, 0.05) is 38.1 Å². The number of imidazole rings is 1. The molecule has 1 saturated heterocycles. The van der Waals surface area contributed by atoms with Crippen LogP contribution in [0.2, 0.25) is 0 Å². The average Bonchev–Trinajstić information content (AvgIpc) is 3.08. The van der Waals surface area contributed by atoms with E-state index in [0.29, 0.717) is 12.0 Å². The normalized spacial score (nSPS) is 23.2. The summed E-state index contributed by atoms with van der Waals surface area (Å²) >= 11 is 0. The third-order valence-electron chi connectivity index (χ3n) is 4.02. The van der Waals surface area contributed by atoms with Crippen molar-refractivity contribution in [1.82, 2.24) is 20.2 Å². The van der Waals surface area contributed by atoms with E-state index in [1.54, 1.807) is 6.20 Å². The zero-order chi connectivity index (χ0) is 13.8. The third kappa shape index (κ3) is 3.26. The molecule has 2 aromatic rings. The molecule has 1 aromatic heterocycles. The minimum absolute atomic E-state index is 0.545. The molecule has 0 amide bonds. The quantitative estimate of drug-likeness (QED) is 0.873. The van der Waals surface area contributed by atoms with Crippen LogP contribution >= 0.6 is 0 Å². The van der Waals surface area contributed by atoms with Gasteiger partial charge in [-0.2, -0.15) is 0 Å². The van der Waals surface area contributed by atoms with Gasteiger partial charge in [0.15, 0.2) is 0 Å². The molecule has 1 aliphatic rings. The number of aromatic nitrogens is 2. The van der Waals surface area contributed by atoms with E-state index in [-0.39, 0.29) is 0 Å². The van der Waals surface area contributed by atoms with E-state index in [9.17, 15) is 0 Å². The fourth-order valence-electron chi connectivity index (χ4n) is 2.93. The van der Waals surface area contributed by atoms with Crippen LogP contribution < -0.4 is 5.32 Å². The number of benzene rings is 1. The Hall–Kier alpha value is -1.65. The molecule has 4 nitrogen and oxygen atoms in total. The predicted octanol–water partition coefficient (Wildman–Crippen LogP) is 2.02. The van der Waals surface area contributed by atoms with Crippen molar-refractivity contribution in [3.8, 4) is 0 Å². The Balaban J connectivity index is 1.51. The molecule has 106 valence electrons. The second-order valence-corrected chi connectivity index (χ2v) is 5.68. The molecule has 2 N–H and O–H groups in total. The summed E-state index contributed by atoms with van der Waals surface area (Å²) < 4.78 is 0. The molecule has 1 aromatic carbocycles. The number of likely N-dealkylation sites (tertiary alicyclic amines) is 1. The highest BCUT2D eigenvalue weighted by atomic mass is 15.2. The summed E-state index contributed by atoms with van der Waals surface area (Å²) in [5.74, 6) is 1.69. The molecule has 3 rings (SSSR count). The number of nitrogens with one attached hydrogen (secondary N) is 2. The van der Waals surface area contributed by atoms with Crippen molar-refractivity contribution in [2.45, 2.75) is 26.1 Å². The summed E-state index contributed by atoms with van der Waals surface area (Å²) in [6, 6.07) is 11.2. The molecule has 0 unspecified atom stereocenters. The van der Waals surface area contributed by atoms with Crippen molar-refractivity contribution in [2.24, 2.45) is 5.92 Å². The fraction of sp³-hybridized carbons (Fsp3) is 0.438. The maximum Gasteiger partial charge on any atom is 0.120 e. The number of aromatic amines is 1. The van der Waals surface area contributed by atoms with E-state index in [2.05, 4.69) is 57.4 Å². The summed E-state index contributed by atoms with van der Waals surface area (Å²) in [6.45, 7) is 6.46. The number of H-pyrrole nitrogens is 1. The van der Waals surface area contributed by atoms with Gasteiger partial charge in [-0.1, -0.05) is 37.3 Å². The van der Waals surface area contributed by atoms with E-state index < -0.39 is 0 Å². The first-order valence-corrected chi connectivity index (χ1v) is 7.29. The number of hydrogen-bond acceptors (Lipinski definition) is 3. The van der Waals surface area contributed by atoms with Crippen molar-refractivity contribution in [1.29, 1.82) is 0 Å². The highest BCUT2D eigenvalue weighted by molar-refractivity contribution is 5.14. The molecule has 0 saturated carbocycles. The summed E-state index contributed by atoms with van der Waals surface area (Å²) in [5.41, 5.74) is 1.39. The van der Waals surface area contributed by atoms with Gasteiger partial charge in [-0.3, -0.25) is 4.90 Å². The number of nitrogens with zero attached hydrogens (tertiary/aromatic N) is 2. The molecule has 0 radical (unpaired) electrons. The summed E-state index contributed by atoms with van der Waals surface area (Å²) in [5, 5.41) is 3.61. The van der Waals surface area contributed by atoms with Crippen molar-refractivity contribution in [3.05, 3.63) is 54.1 Å². The van der Waals surface area contributed by atoms with E-state index in [0.717, 1.165) is 32.0 Å². The monoisotopic (exact) mass is 270 g/mol. The lowest BCUT2D eigenvalue weighted by Gasteiger charge is -2.16. The molecule has 1 fully saturated rings. The SMILES string of the molecule is C[C@@H]1CN(Cc2ccccc2)C[C@@H]1NCc1ncc[nH]1. The Labute approximate surface area is 120 Å². The number of rotatable bonds is 5. The van der Waals surface area contributed by atoms with Crippen molar-refractivity contribution >= 4 is 0 Å². The average molecular weight is 270 g/mol. The van der Waals surface area contributed by atoms with Crippen molar-refractivity contribution in [2.75, 3.05) is 13.1 Å².